The van der Waals surface area contributed by atoms with E-state index < -0.39 is 0 Å². The number of aliphatic hydroxyl groups excluding tert-OH is 1. The molecule has 2 fully saturated rings. The van der Waals surface area contributed by atoms with Crippen molar-refractivity contribution in [2.24, 2.45) is 4.99 Å². The van der Waals surface area contributed by atoms with Gasteiger partial charge in [-0.3, -0.25) is 14.6 Å². The number of benzene rings is 3. The Bertz CT molecular complexity index is 1610. The minimum Gasteiger partial charge on any atom is -0.392 e. The Balaban J connectivity index is 1.13. The van der Waals surface area contributed by atoms with Gasteiger partial charge in [-0.2, -0.15) is 0 Å². The second-order valence-electron chi connectivity index (χ2n) is 12.5. The van der Waals surface area contributed by atoms with E-state index in [-0.39, 0.29) is 30.3 Å². The van der Waals surface area contributed by atoms with E-state index in [1.54, 1.807) is 16.8 Å². The number of anilines is 3. The number of amidine groups is 1. The van der Waals surface area contributed by atoms with Gasteiger partial charge in [-0.15, -0.1) is 0 Å². The number of aliphatic imine (C=N–C) groups is 1. The molecular formula is C35H40N6O3. The van der Waals surface area contributed by atoms with Crippen LogP contribution in [-0.2, 0) is 17.8 Å². The Morgan fingerprint density at radius 2 is 1.68 bits per heavy atom. The summed E-state index contributed by atoms with van der Waals surface area (Å²) in [4.78, 5) is 39.9. The van der Waals surface area contributed by atoms with E-state index in [9.17, 15) is 14.7 Å². The van der Waals surface area contributed by atoms with Gasteiger partial charge in [0, 0.05) is 74.5 Å². The lowest BCUT2D eigenvalue weighted by Crippen LogP contribution is -2.44. The monoisotopic (exact) mass is 592 g/mol. The topological polar surface area (TPSA) is 91.7 Å². The maximum atomic E-state index is 13.7. The van der Waals surface area contributed by atoms with Gasteiger partial charge in [0.1, 0.15) is 0 Å². The first-order chi connectivity index (χ1) is 21.4. The zero-order valence-electron chi connectivity index (χ0n) is 25.5. The number of piperazine rings is 1. The predicted molar refractivity (Wildman–Crippen MR) is 174 cm³/mol. The molecule has 44 heavy (non-hydrogen) atoms. The molecule has 1 atom stereocenters. The van der Waals surface area contributed by atoms with E-state index in [4.69, 9.17) is 4.99 Å². The van der Waals surface area contributed by atoms with Crippen molar-refractivity contribution in [3.05, 3.63) is 88.5 Å². The first-order valence-corrected chi connectivity index (χ1v) is 15.7. The lowest BCUT2D eigenvalue weighted by atomic mass is 9.93. The summed E-state index contributed by atoms with van der Waals surface area (Å²) < 4.78 is 0. The summed E-state index contributed by atoms with van der Waals surface area (Å²) in [7, 11) is 3.91. The molecule has 1 unspecified atom stereocenters. The molecule has 7 rings (SSSR count). The van der Waals surface area contributed by atoms with Crippen molar-refractivity contribution in [3.8, 4) is 0 Å². The van der Waals surface area contributed by atoms with Crippen molar-refractivity contribution in [2.45, 2.75) is 37.8 Å². The van der Waals surface area contributed by atoms with Crippen LogP contribution in [0, 0.1) is 0 Å². The Morgan fingerprint density at radius 3 is 2.41 bits per heavy atom. The molecule has 9 heteroatoms. The molecule has 3 heterocycles. The van der Waals surface area contributed by atoms with Gasteiger partial charge in [-0.1, -0.05) is 24.3 Å². The van der Waals surface area contributed by atoms with Crippen LogP contribution < -0.4 is 15.1 Å². The number of nitrogens with zero attached hydrogens (tertiary/aromatic N) is 5. The molecule has 1 saturated heterocycles. The van der Waals surface area contributed by atoms with Crippen molar-refractivity contribution in [3.63, 3.8) is 0 Å². The quantitative estimate of drug-likeness (QED) is 0.449. The third kappa shape index (κ3) is 5.46. The normalized spacial score (nSPS) is 20.9. The van der Waals surface area contributed by atoms with Gasteiger partial charge in [0.15, 0.2) is 5.84 Å². The van der Waals surface area contributed by atoms with Crippen LogP contribution in [-0.4, -0.2) is 85.9 Å². The zero-order valence-corrected chi connectivity index (χ0v) is 25.5. The smallest absolute Gasteiger partial charge is 0.289 e. The second kappa shape index (κ2) is 11.7. The number of fused-ring (bicyclic) bond motifs is 1. The summed E-state index contributed by atoms with van der Waals surface area (Å²) in [6.07, 6.45) is 3.24. The molecule has 1 aliphatic carbocycles. The van der Waals surface area contributed by atoms with Crippen LogP contribution in [0.4, 0.5) is 17.1 Å². The molecule has 1 saturated carbocycles. The van der Waals surface area contributed by atoms with Crippen molar-refractivity contribution < 1.29 is 14.7 Å². The lowest BCUT2D eigenvalue weighted by molar-refractivity contribution is -0.123. The zero-order chi connectivity index (χ0) is 30.4. The molecule has 0 aromatic heterocycles. The maximum Gasteiger partial charge on any atom is 0.289 e. The average molecular weight is 593 g/mol. The number of hydrogen-bond acceptors (Lipinski definition) is 7. The SMILES string of the molecule is CN1CCN(c2ccc(NC3=NC(c4cccc(N5CCc6cc(C7CC7)ccc6C5=O)c4CO)CN(C)C3=O)cc2)CC1. The van der Waals surface area contributed by atoms with E-state index in [0.717, 1.165) is 60.7 Å². The van der Waals surface area contributed by atoms with Crippen molar-refractivity contribution >= 4 is 34.7 Å². The fourth-order valence-electron chi connectivity index (χ4n) is 6.72. The van der Waals surface area contributed by atoms with Crippen LogP contribution in [0.1, 0.15) is 57.4 Å². The summed E-state index contributed by atoms with van der Waals surface area (Å²) in [5.74, 6) is 0.689. The average Bonchev–Trinajstić information content (AvgIpc) is 3.90. The standard InChI is InChI=1S/C35H40N6O3/c1-38-16-18-40(19-17-38)27-11-9-26(10-12-27)36-33-35(44)39(2)21-31(37-33)29-4-3-5-32(30(29)22-42)41-15-14-25-20-24(23-6-7-23)8-13-28(25)34(41)43/h3-5,8-13,20,23,31,42H,6-7,14-19,21-22H2,1-2H3,(H,36,37). The van der Waals surface area contributed by atoms with E-state index in [2.05, 4.69) is 46.4 Å². The molecular weight excluding hydrogens is 552 g/mol. The summed E-state index contributed by atoms with van der Waals surface area (Å²) in [6, 6.07) is 19.8. The number of carbonyl (C=O) groups is 2. The van der Waals surface area contributed by atoms with Gasteiger partial charge in [0.2, 0.25) is 0 Å². The number of hydrogen-bond donors (Lipinski definition) is 2. The fraction of sp³-hybridized carbons (Fsp3) is 0.400. The number of aliphatic hydroxyl groups is 1. The maximum absolute atomic E-state index is 13.7. The highest BCUT2D eigenvalue weighted by atomic mass is 16.3. The van der Waals surface area contributed by atoms with Crippen molar-refractivity contribution in [1.29, 1.82) is 0 Å². The van der Waals surface area contributed by atoms with Gasteiger partial charge in [0.25, 0.3) is 11.8 Å². The van der Waals surface area contributed by atoms with E-state index in [1.165, 1.54) is 18.4 Å². The second-order valence-corrected chi connectivity index (χ2v) is 12.5. The first kappa shape index (κ1) is 28.6. The van der Waals surface area contributed by atoms with Crippen LogP contribution in [0.3, 0.4) is 0 Å². The number of amides is 2. The molecule has 3 aromatic rings. The molecule has 0 bridgehead atoms. The molecule has 9 nitrogen and oxygen atoms in total. The third-order valence-electron chi connectivity index (χ3n) is 9.53. The Kier molecular flexibility index (Phi) is 7.60. The van der Waals surface area contributed by atoms with E-state index >= 15 is 0 Å². The number of rotatable bonds is 6. The number of nitrogens with one attached hydrogen (secondary N) is 1. The van der Waals surface area contributed by atoms with Crippen LogP contribution in [0.5, 0.6) is 0 Å². The molecule has 4 aliphatic rings. The van der Waals surface area contributed by atoms with Crippen LogP contribution in [0.15, 0.2) is 65.7 Å². The summed E-state index contributed by atoms with van der Waals surface area (Å²) in [5.41, 5.74) is 7.34. The van der Waals surface area contributed by atoms with Gasteiger partial charge in [0.05, 0.1) is 12.6 Å². The first-order valence-electron chi connectivity index (χ1n) is 15.7. The predicted octanol–water partition coefficient (Wildman–Crippen LogP) is 4.03. The molecule has 3 aromatic carbocycles. The summed E-state index contributed by atoms with van der Waals surface area (Å²) >= 11 is 0. The van der Waals surface area contributed by atoms with Gasteiger partial charge in [-0.05, 0) is 85.3 Å². The minimum absolute atomic E-state index is 0.0396. The number of carbonyl (C=O) groups excluding carboxylic acids is 2. The summed E-state index contributed by atoms with van der Waals surface area (Å²) in [6.45, 7) is 4.76. The Labute approximate surface area is 258 Å². The van der Waals surface area contributed by atoms with E-state index in [1.807, 2.05) is 36.4 Å². The van der Waals surface area contributed by atoms with E-state index in [0.29, 0.717) is 30.3 Å². The largest absolute Gasteiger partial charge is 0.392 e. The molecule has 3 aliphatic heterocycles. The molecule has 0 spiro atoms. The molecule has 228 valence electrons. The summed E-state index contributed by atoms with van der Waals surface area (Å²) in [5, 5.41) is 13.9. The highest BCUT2D eigenvalue weighted by molar-refractivity contribution is 6.42. The van der Waals surface area contributed by atoms with Gasteiger partial charge < -0.3 is 30.0 Å². The Morgan fingerprint density at radius 1 is 0.909 bits per heavy atom. The molecule has 2 amide bonds. The third-order valence-corrected chi connectivity index (χ3v) is 9.53. The van der Waals surface area contributed by atoms with Crippen LogP contribution >= 0.6 is 0 Å². The number of likely N-dealkylation sites (N-methyl/N-ethyl adjacent to an activating group) is 2. The van der Waals surface area contributed by atoms with Crippen LogP contribution in [0.2, 0.25) is 0 Å². The minimum atomic E-state index is -0.389. The van der Waals surface area contributed by atoms with Gasteiger partial charge in [-0.25, -0.2) is 0 Å². The molecule has 2 N–H and O–H groups in total. The fourth-order valence-corrected chi connectivity index (χ4v) is 6.72. The van der Waals surface area contributed by atoms with Crippen molar-refractivity contribution in [2.75, 3.05) is 68.5 Å². The van der Waals surface area contributed by atoms with Gasteiger partial charge >= 0.3 is 0 Å². The molecule has 0 radical (unpaired) electrons. The highest BCUT2D eigenvalue weighted by Crippen LogP contribution is 2.41. The highest BCUT2D eigenvalue weighted by Gasteiger charge is 2.33. The Hall–Kier alpha value is -4.21. The lowest BCUT2D eigenvalue weighted by Gasteiger charge is -2.34. The van der Waals surface area contributed by atoms with Crippen LogP contribution in [0.25, 0.3) is 0 Å². The van der Waals surface area contributed by atoms with Crippen molar-refractivity contribution in [1.82, 2.24) is 9.80 Å².